The maximum absolute atomic E-state index is 11.8. The van der Waals surface area contributed by atoms with E-state index in [9.17, 15) is 9.90 Å². The van der Waals surface area contributed by atoms with Crippen LogP contribution in [0.15, 0.2) is 42.6 Å². The number of aromatic nitrogens is 1. The summed E-state index contributed by atoms with van der Waals surface area (Å²) in [6.45, 7) is 0. The van der Waals surface area contributed by atoms with E-state index in [0.29, 0.717) is 16.9 Å². The summed E-state index contributed by atoms with van der Waals surface area (Å²) in [7, 11) is 0. The van der Waals surface area contributed by atoms with Crippen LogP contribution in [0.2, 0.25) is 0 Å². The van der Waals surface area contributed by atoms with Crippen molar-refractivity contribution in [3.8, 4) is 11.8 Å². The number of nitrogens with one attached hydrogen (secondary N) is 1. The fourth-order valence-electron chi connectivity index (χ4n) is 1.55. The highest BCUT2D eigenvalue weighted by Gasteiger charge is 2.07. The second-order valence-electron chi connectivity index (χ2n) is 3.90. The summed E-state index contributed by atoms with van der Waals surface area (Å²) < 4.78 is 0. The van der Waals surface area contributed by atoms with E-state index >= 15 is 0 Å². The average Bonchev–Trinajstić information content (AvgIpc) is 2.42. The number of nitriles is 1. The molecule has 0 aliphatic rings. The summed E-state index contributed by atoms with van der Waals surface area (Å²) in [6.07, 6.45) is 1.45. The van der Waals surface area contributed by atoms with Gasteiger partial charge < -0.3 is 10.4 Å². The third-order valence-electron chi connectivity index (χ3n) is 2.50. The van der Waals surface area contributed by atoms with Gasteiger partial charge in [-0.15, -0.1) is 0 Å². The Kier molecular flexibility index (Phi) is 3.74. The summed E-state index contributed by atoms with van der Waals surface area (Å²) in [5, 5.41) is 20.8. The lowest BCUT2D eigenvalue weighted by Gasteiger charge is -2.05. The molecule has 94 valence electrons. The Morgan fingerprint density at radius 1 is 1.32 bits per heavy atom. The van der Waals surface area contributed by atoms with Gasteiger partial charge in [0.2, 0.25) is 5.91 Å². The van der Waals surface area contributed by atoms with Crippen molar-refractivity contribution >= 4 is 11.7 Å². The van der Waals surface area contributed by atoms with Crippen LogP contribution in [0.5, 0.6) is 5.75 Å². The number of hydrogen-bond donors (Lipinski definition) is 2. The number of phenolic OH excluding ortho intramolecular Hbond substituents is 1. The molecule has 5 heteroatoms. The number of aromatic hydroxyl groups is 1. The molecule has 0 saturated heterocycles. The Bertz CT molecular complexity index is 630. The summed E-state index contributed by atoms with van der Waals surface area (Å²) >= 11 is 0. The average molecular weight is 253 g/mol. The highest BCUT2D eigenvalue weighted by atomic mass is 16.3. The predicted molar refractivity (Wildman–Crippen MR) is 69.4 cm³/mol. The summed E-state index contributed by atoms with van der Waals surface area (Å²) in [5.41, 5.74) is 0.979. The maximum atomic E-state index is 11.8. The number of rotatable bonds is 3. The van der Waals surface area contributed by atoms with Crippen molar-refractivity contribution in [2.75, 3.05) is 5.32 Å². The Hall–Kier alpha value is -2.87. The zero-order chi connectivity index (χ0) is 13.7. The minimum atomic E-state index is -0.279. The Morgan fingerprint density at radius 3 is 2.74 bits per heavy atom. The summed E-state index contributed by atoms with van der Waals surface area (Å²) in [4.78, 5) is 15.7. The van der Waals surface area contributed by atoms with Gasteiger partial charge in [-0.05, 0) is 18.2 Å². The number of phenols is 1. The molecule has 19 heavy (non-hydrogen) atoms. The molecular weight excluding hydrogens is 242 g/mol. The highest BCUT2D eigenvalue weighted by molar-refractivity contribution is 5.91. The van der Waals surface area contributed by atoms with Gasteiger partial charge in [-0.3, -0.25) is 4.79 Å². The molecule has 0 unspecified atom stereocenters. The molecule has 0 bridgehead atoms. The second kappa shape index (κ2) is 5.65. The normalized spacial score (nSPS) is 9.63. The van der Waals surface area contributed by atoms with Gasteiger partial charge in [0, 0.05) is 11.8 Å². The second-order valence-corrected chi connectivity index (χ2v) is 3.90. The van der Waals surface area contributed by atoms with Gasteiger partial charge >= 0.3 is 0 Å². The zero-order valence-corrected chi connectivity index (χ0v) is 10.00. The monoisotopic (exact) mass is 253 g/mol. The summed E-state index contributed by atoms with van der Waals surface area (Å²) in [6, 6.07) is 11.7. The van der Waals surface area contributed by atoms with Crippen molar-refractivity contribution in [2.45, 2.75) is 6.42 Å². The van der Waals surface area contributed by atoms with Crippen molar-refractivity contribution in [2.24, 2.45) is 0 Å². The molecule has 1 aromatic heterocycles. The number of carbonyl (C=O) groups excluding carboxylic acids is 1. The Morgan fingerprint density at radius 2 is 2.11 bits per heavy atom. The quantitative estimate of drug-likeness (QED) is 0.873. The number of para-hydroxylation sites is 1. The van der Waals surface area contributed by atoms with E-state index in [-0.39, 0.29) is 18.1 Å². The molecular formula is C14H11N3O2. The summed E-state index contributed by atoms with van der Waals surface area (Å²) in [5.74, 6) is 0.184. The molecule has 1 amide bonds. The van der Waals surface area contributed by atoms with Crippen molar-refractivity contribution in [3.05, 3.63) is 53.7 Å². The third kappa shape index (κ3) is 3.30. The molecule has 2 N–H and O–H groups in total. The smallest absolute Gasteiger partial charge is 0.230 e. The van der Waals surface area contributed by atoms with Crippen molar-refractivity contribution in [1.29, 1.82) is 5.26 Å². The lowest BCUT2D eigenvalue weighted by molar-refractivity contribution is -0.115. The first-order valence-electron chi connectivity index (χ1n) is 5.62. The minimum Gasteiger partial charge on any atom is -0.508 e. The van der Waals surface area contributed by atoms with E-state index in [1.807, 2.05) is 6.07 Å². The van der Waals surface area contributed by atoms with Crippen LogP contribution in [0.25, 0.3) is 0 Å². The SMILES string of the molecule is N#Cc1ccc(NC(=O)Cc2ccccc2O)nc1. The van der Waals surface area contributed by atoms with Gasteiger partial charge in [-0.2, -0.15) is 5.26 Å². The standard InChI is InChI=1S/C14H11N3O2/c15-8-10-5-6-13(16-9-10)17-14(19)7-11-3-1-2-4-12(11)18/h1-6,9,18H,7H2,(H,16,17,19). The number of pyridine rings is 1. The van der Waals surface area contributed by atoms with Gasteiger partial charge in [0.05, 0.1) is 12.0 Å². The van der Waals surface area contributed by atoms with E-state index in [1.54, 1.807) is 30.3 Å². The fraction of sp³-hybridized carbons (Fsp3) is 0.0714. The van der Waals surface area contributed by atoms with Gasteiger partial charge in [0.1, 0.15) is 17.6 Å². The number of benzene rings is 1. The van der Waals surface area contributed by atoms with Gasteiger partial charge in [-0.1, -0.05) is 18.2 Å². The molecule has 0 radical (unpaired) electrons. The van der Waals surface area contributed by atoms with Gasteiger partial charge in [0.25, 0.3) is 0 Å². The van der Waals surface area contributed by atoms with Crippen LogP contribution in [-0.2, 0) is 11.2 Å². The van der Waals surface area contributed by atoms with Gasteiger partial charge in [0.15, 0.2) is 0 Å². The first-order valence-corrected chi connectivity index (χ1v) is 5.62. The maximum Gasteiger partial charge on any atom is 0.230 e. The van der Waals surface area contributed by atoms with Crippen LogP contribution in [0.3, 0.4) is 0 Å². The molecule has 5 nitrogen and oxygen atoms in total. The lowest BCUT2D eigenvalue weighted by Crippen LogP contribution is -2.15. The molecule has 2 aromatic rings. The minimum absolute atomic E-state index is 0.0638. The number of carbonyl (C=O) groups is 1. The van der Waals surface area contributed by atoms with Crippen molar-refractivity contribution < 1.29 is 9.90 Å². The molecule has 0 spiro atoms. The predicted octanol–water partition coefficient (Wildman–Crippen LogP) is 1.84. The molecule has 0 fully saturated rings. The number of hydrogen-bond acceptors (Lipinski definition) is 4. The number of nitrogens with zero attached hydrogens (tertiary/aromatic N) is 2. The first kappa shape index (κ1) is 12.6. The van der Waals surface area contributed by atoms with E-state index in [2.05, 4.69) is 10.3 Å². The number of anilines is 1. The molecule has 0 saturated carbocycles. The molecule has 1 heterocycles. The van der Waals surface area contributed by atoms with Crippen LogP contribution in [-0.4, -0.2) is 16.0 Å². The first-order chi connectivity index (χ1) is 9.19. The van der Waals surface area contributed by atoms with Crippen LogP contribution in [0.1, 0.15) is 11.1 Å². The van der Waals surface area contributed by atoms with Crippen LogP contribution >= 0.6 is 0 Å². The topological polar surface area (TPSA) is 86.0 Å². The van der Waals surface area contributed by atoms with E-state index in [4.69, 9.17) is 5.26 Å². The molecule has 1 aromatic carbocycles. The van der Waals surface area contributed by atoms with Gasteiger partial charge in [-0.25, -0.2) is 4.98 Å². The van der Waals surface area contributed by atoms with E-state index in [1.165, 1.54) is 12.3 Å². The van der Waals surface area contributed by atoms with Crippen LogP contribution in [0.4, 0.5) is 5.82 Å². The van der Waals surface area contributed by atoms with E-state index in [0.717, 1.165) is 0 Å². The largest absolute Gasteiger partial charge is 0.508 e. The van der Waals surface area contributed by atoms with Crippen molar-refractivity contribution in [3.63, 3.8) is 0 Å². The molecule has 2 rings (SSSR count). The number of amides is 1. The molecule has 0 aliphatic heterocycles. The highest BCUT2D eigenvalue weighted by Crippen LogP contribution is 2.16. The zero-order valence-electron chi connectivity index (χ0n) is 10.00. The molecule has 0 atom stereocenters. The Balaban J connectivity index is 2.01. The molecule has 0 aliphatic carbocycles. The fourth-order valence-corrected chi connectivity index (χ4v) is 1.55. The lowest BCUT2D eigenvalue weighted by atomic mass is 10.1. The Labute approximate surface area is 110 Å². The third-order valence-corrected chi connectivity index (χ3v) is 2.50. The van der Waals surface area contributed by atoms with Crippen LogP contribution in [0, 0.1) is 11.3 Å². The van der Waals surface area contributed by atoms with Crippen molar-refractivity contribution in [1.82, 2.24) is 4.98 Å². The van der Waals surface area contributed by atoms with E-state index < -0.39 is 0 Å². The van der Waals surface area contributed by atoms with Crippen LogP contribution < -0.4 is 5.32 Å².